The van der Waals surface area contributed by atoms with Crippen molar-refractivity contribution < 1.29 is 87.4 Å². The number of carboxylic acid groups (broad SMARTS) is 4. The molecule has 0 saturated carbocycles. The molecule has 11 heterocycles. The van der Waals surface area contributed by atoms with E-state index in [9.17, 15) is 78.0 Å². The number of ketones is 4. The smallest absolute Gasteiger partial charge is 0.339 e. The zero-order valence-corrected chi connectivity index (χ0v) is 84.6. The minimum absolute atomic E-state index is 0.0138. The van der Waals surface area contributed by atoms with Gasteiger partial charge in [-0.1, -0.05) is 122 Å². The van der Waals surface area contributed by atoms with Crippen LogP contribution in [0.3, 0.4) is 0 Å². The summed E-state index contributed by atoms with van der Waals surface area (Å²) in [5, 5.41) is 40.7. The van der Waals surface area contributed by atoms with E-state index in [0.717, 1.165) is 172 Å². The predicted octanol–water partition coefficient (Wildman–Crippen LogP) is 16.3. The third kappa shape index (κ3) is 27.9. The summed E-state index contributed by atoms with van der Waals surface area (Å²) in [6.45, 7) is 24.0. The Morgan fingerprint density at radius 1 is 0.348 bits per heavy atom. The molecule has 8 aromatic rings. The minimum atomic E-state index is -1.11. The summed E-state index contributed by atoms with van der Waals surface area (Å²) < 4.78 is 10.2. The Balaban J connectivity index is 0.000000158. The van der Waals surface area contributed by atoms with Gasteiger partial charge in [-0.15, -0.1) is 0 Å². The van der Waals surface area contributed by atoms with E-state index in [1.54, 1.807) is 29.2 Å². The highest BCUT2D eigenvalue weighted by Crippen LogP contribution is 2.37. The molecule has 16 rings (SSSR count). The summed E-state index contributed by atoms with van der Waals surface area (Å²) in [6, 6.07) is 36.2. The molecule has 8 aliphatic heterocycles. The fourth-order valence-electron chi connectivity index (χ4n) is 20.9. The third-order valence-electron chi connectivity index (χ3n) is 28.4. The Morgan fingerprint density at radius 3 is 0.929 bits per heavy atom. The number of halogens is 4. The molecule has 141 heavy (non-hydrogen) atoms. The van der Waals surface area contributed by atoms with Crippen LogP contribution in [0.2, 0.25) is 20.1 Å². The van der Waals surface area contributed by atoms with E-state index in [-0.39, 0.29) is 136 Å². The largest absolute Gasteiger partial charge is 0.496 e. The van der Waals surface area contributed by atoms with E-state index >= 15 is 0 Å². The number of nitrogens with zero attached hydrogens (tertiary/aromatic N) is 11. The molecule has 4 atom stereocenters. The molecular weight excluding hydrogens is 1880 g/mol. The molecule has 0 spiro atoms. The van der Waals surface area contributed by atoms with E-state index in [1.165, 1.54) is 66.8 Å². The van der Waals surface area contributed by atoms with Crippen LogP contribution in [0.5, 0.6) is 11.6 Å². The number of hydrogen-bond donors (Lipinski definition) is 4. The number of aromatic nitrogens is 3. The van der Waals surface area contributed by atoms with Crippen molar-refractivity contribution in [3.63, 3.8) is 0 Å². The van der Waals surface area contributed by atoms with Gasteiger partial charge in [-0.25, -0.2) is 24.2 Å². The highest BCUT2D eigenvalue weighted by molar-refractivity contribution is 6.32. The van der Waals surface area contributed by atoms with Crippen LogP contribution in [0.15, 0.2) is 127 Å². The predicted molar refractivity (Wildman–Crippen MR) is 536 cm³/mol. The van der Waals surface area contributed by atoms with Crippen LogP contribution in [-0.4, -0.2) is 260 Å². The van der Waals surface area contributed by atoms with Crippen LogP contribution in [0.1, 0.15) is 249 Å². The average Bonchev–Trinajstić information content (AvgIpc) is 1.67. The number of carboxylic acids is 4. The van der Waals surface area contributed by atoms with Gasteiger partial charge in [0.1, 0.15) is 11.3 Å². The molecule has 33 heteroatoms. The van der Waals surface area contributed by atoms with Crippen molar-refractivity contribution in [3.8, 4) is 11.6 Å². The molecule has 29 nitrogen and oxygen atoms in total. The maximum Gasteiger partial charge on any atom is 0.339 e. The maximum absolute atomic E-state index is 13.3. The summed E-state index contributed by atoms with van der Waals surface area (Å²) in [5.74, 6) is -4.00. The Morgan fingerprint density at radius 2 is 0.638 bits per heavy atom. The Labute approximate surface area is 843 Å². The summed E-state index contributed by atoms with van der Waals surface area (Å²) in [7, 11) is 2.81. The van der Waals surface area contributed by atoms with Gasteiger partial charge in [-0.05, 0) is 234 Å². The number of aromatic carboxylic acids is 4. The van der Waals surface area contributed by atoms with Gasteiger partial charge >= 0.3 is 23.9 Å². The molecule has 8 saturated heterocycles. The van der Waals surface area contributed by atoms with E-state index < -0.39 is 48.0 Å². The van der Waals surface area contributed by atoms with E-state index in [2.05, 4.69) is 77.0 Å². The van der Waals surface area contributed by atoms with Gasteiger partial charge in [0, 0.05) is 184 Å². The van der Waals surface area contributed by atoms with Crippen molar-refractivity contribution in [1.82, 2.24) is 54.2 Å². The highest BCUT2D eigenvalue weighted by Gasteiger charge is 2.46. The van der Waals surface area contributed by atoms with E-state index in [4.69, 9.17) is 55.9 Å². The van der Waals surface area contributed by atoms with E-state index in [1.807, 2.05) is 93.5 Å². The number of hydrogen-bond acceptors (Lipinski definition) is 21. The third-order valence-corrected chi connectivity index (χ3v) is 30.0. The lowest BCUT2D eigenvalue weighted by Crippen LogP contribution is -2.50. The zero-order valence-electron chi connectivity index (χ0n) is 81.6. The lowest BCUT2D eigenvalue weighted by Gasteiger charge is -2.39. The highest BCUT2D eigenvalue weighted by atomic mass is 35.5. The van der Waals surface area contributed by atoms with Crippen molar-refractivity contribution in [2.75, 3.05) is 66.6 Å². The second-order valence-corrected chi connectivity index (χ2v) is 40.3. The van der Waals surface area contributed by atoms with Crippen LogP contribution in [0.4, 0.5) is 0 Å². The number of Topliss-reactive ketones (excluding diaryl/α,β-unsaturated/α-hetero) is 4. The van der Waals surface area contributed by atoms with Gasteiger partial charge in [0.05, 0.1) is 80.0 Å². The van der Waals surface area contributed by atoms with Crippen molar-refractivity contribution in [2.45, 2.75) is 264 Å². The minimum Gasteiger partial charge on any atom is -0.496 e. The first-order valence-electron chi connectivity index (χ1n) is 48.8. The molecule has 5 aromatic carbocycles. The topological polar surface area (TPSA) is 369 Å². The molecule has 8 aliphatic rings. The number of benzene rings is 5. The van der Waals surface area contributed by atoms with Crippen LogP contribution in [0.25, 0.3) is 0 Å². The monoisotopic (exact) mass is 2010 g/mol. The molecule has 0 unspecified atom stereocenters. The molecule has 3 aromatic heterocycles. The van der Waals surface area contributed by atoms with Crippen LogP contribution in [-0.2, 0) is 96.6 Å². The Kier molecular flexibility index (Phi) is 37.2. The van der Waals surface area contributed by atoms with Gasteiger partial charge in [0.15, 0.2) is 23.1 Å². The molecule has 8 fully saturated rings. The van der Waals surface area contributed by atoms with Gasteiger partial charge in [0.25, 0.3) is 0 Å². The summed E-state index contributed by atoms with van der Waals surface area (Å²) in [4.78, 5) is 180. The molecule has 750 valence electrons. The molecule has 4 amide bonds. The van der Waals surface area contributed by atoms with Crippen molar-refractivity contribution in [2.24, 2.45) is 0 Å². The Hall–Kier alpha value is -11.4. The average molecular weight is 2010 g/mol. The molecule has 0 radical (unpaired) electrons. The lowest BCUT2D eigenvalue weighted by atomic mass is 9.97. The number of methoxy groups -OCH3 is 2. The molecule has 0 bridgehead atoms. The number of piperidine rings is 4. The fraction of sp³-hybridized carbons (Fsp3) is 0.472. The van der Waals surface area contributed by atoms with Gasteiger partial charge < -0.3 is 49.5 Å². The van der Waals surface area contributed by atoms with Crippen LogP contribution < -0.4 is 9.47 Å². The van der Waals surface area contributed by atoms with Crippen molar-refractivity contribution in [3.05, 3.63) is 248 Å². The number of carbonyl (C=O) groups excluding carboxylic acids is 8. The first-order chi connectivity index (χ1) is 67.4. The molecular formula is C108H127Cl4N11O18. The summed E-state index contributed by atoms with van der Waals surface area (Å²) in [5.41, 5.74) is 12.6. The van der Waals surface area contributed by atoms with Gasteiger partial charge in [-0.2, -0.15) is 0 Å². The van der Waals surface area contributed by atoms with Gasteiger partial charge in [0.2, 0.25) is 29.5 Å². The number of ether oxygens (including phenoxy) is 2. The standard InChI is InChI=1S/C28H34ClN3O4.C27H32ClN3O4.C27H31ClN2O5.C26H30ClN3O5/c1-17(2)24-14-20(28(35)36)13-21(30-24)15-26(33)25-6-7-27(34)32(25)22-8-10-31(11-9-22)16-19-4-5-23(29)18(3)12-19;1-3-20-13-19(27(34)35)14-21(29-20)15-25(32)24-6-7-26(33)31(24)22-8-10-30(11-9-22)16-18-4-5-23(28)17(2)12-18;1-17-13-19(3-5-22(17)28)16-29-11-9-20(10-12-29)30-23(6-8-26(30)32)24(31)15-18-4-7-25(35-2)21(14-18)27(33)34;1-16-11-17(3-4-21(16)27)15-29-9-7-20(8-10-29)30-22(5-6-25(30)32)23(31)14-19-12-18(26(33)34)13-24(28-19)35-2/h4-5,12-14,17,22,25H,6-11,15-16H2,1-3H3,(H,35,36);4-5,12-14,22,24H,3,6-11,15-16H2,1-2H3,(H,34,35);3-5,7,13-14,20,23H,6,8-12,15-16H2,1-2H3,(H,33,34);3-4,11-13,20,22H,5-10,14-15H2,1-2H3,(H,33,34)/t25-;24-;23-;22-/m1111/s1. The first kappa shape index (κ1) is 107. The normalized spacial score (nSPS) is 19.3. The first-order valence-corrected chi connectivity index (χ1v) is 50.3. The second-order valence-electron chi connectivity index (χ2n) is 38.6. The molecule has 4 N–H and O–H groups in total. The summed E-state index contributed by atoms with van der Waals surface area (Å²) >= 11 is 24.6. The number of amides is 4. The Bertz CT molecular complexity index is 5790. The number of likely N-dealkylation sites (tertiary alicyclic amines) is 8. The number of rotatable bonds is 32. The van der Waals surface area contributed by atoms with Crippen LogP contribution in [0, 0.1) is 27.7 Å². The zero-order chi connectivity index (χ0) is 101. The SMILES string of the molecule is CCc1cc(C(=O)O)cc(CC(=O)[C@H]2CCC(=O)N2C2CCN(Cc3ccc(Cl)c(C)c3)CC2)n1.COc1cc(C(=O)O)cc(CC(=O)[C@H]2CCC(=O)N2C2CCN(Cc3ccc(Cl)c(C)c3)CC2)n1.COc1ccc(CC(=O)[C@H]2CCC(=O)N2C2CCN(Cc3ccc(Cl)c(C)c3)CC2)cc1C(=O)O.Cc1cc(CN2CCC(N3C(=O)CC[C@@H]3C(=O)Cc3cc(C(=O)O)cc(C(C)C)n3)CC2)ccc1Cl. The van der Waals surface area contributed by atoms with Gasteiger partial charge in [-0.3, -0.25) is 67.9 Å². The van der Waals surface area contributed by atoms with E-state index in [0.29, 0.717) is 91.8 Å². The maximum atomic E-state index is 13.3. The fourth-order valence-corrected chi connectivity index (χ4v) is 21.3. The number of pyridine rings is 3. The van der Waals surface area contributed by atoms with Crippen molar-refractivity contribution >= 4 is 117 Å². The summed E-state index contributed by atoms with van der Waals surface area (Å²) in [6.07, 6.45) is 10.8. The quantitative estimate of drug-likeness (QED) is 0.0304. The van der Waals surface area contributed by atoms with Crippen LogP contribution >= 0.6 is 46.4 Å². The number of carbonyl (C=O) groups is 12. The second kappa shape index (κ2) is 49.0. The van der Waals surface area contributed by atoms with Crippen molar-refractivity contribution in [1.29, 1.82) is 0 Å². The number of aryl methyl sites for hydroxylation is 5. The molecule has 0 aliphatic carbocycles. The lowest BCUT2D eigenvalue weighted by molar-refractivity contribution is -0.137.